The molecule has 1 heterocycles. The topological polar surface area (TPSA) is 8.17 Å². The third-order valence-corrected chi connectivity index (χ3v) is 16.7. The van der Waals surface area contributed by atoms with Crippen LogP contribution >= 0.6 is 0 Å². The monoisotopic (exact) mass is 948 g/mol. The molecule has 0 aliphatic heterocycles. The Morgan fingerprint density at radius 1 is 0.405 bits per heavy atom. The minimum atomic E-state index is -0.319. The second kappa shape index (κ2) is 18.1. The van der Waals surface area contributed by atoms with E-state index in [1.807, 2.05) is 0 Å². The highest BCUT2D eigenvalue weighted by Crippen LogP contribution is 2.57. The maximum Gasteiger partial charge on any atom is 0.0547 e. The number of hydrogen-bond donors (Lipinski definition) is 0. The number of aromatic nitrogens is 1. The molecule has 1 atom stereocenters. The third kappa shape index (κ3) is 7.00. The van der Waals surface area contributed by atoms with Crippen molar-refractivity contribution in [3.8, 4) is 50.2 Å². The molecule has 74 heavy (non-hydrogen) atoms. The number of benzene rings is 11. The largest absolute Gasteiger partial charge is 0.309 e. The average molecular weight is 949 g/mol. The van der Waals surface area contributed by atoms with Crippen molar-refractivity contribution in [2.45, 2.75) is 50.4 Å². The van der Waals surface area contributed by atoms with E-state index < -0.39 is 0 Å². The molecule has 2 nitrogen and oxygen atoms in total. The highest BCUT2D eigenvalue weighted by molar-refractivity contribution is 6.16. The molecular formula is C72H56N2. The standard InChI is InChI=1S/C72H56N2/c1-72(52-27-7-3-8-28-52)63-39-15-11-33-61(63)70-60(38-21-40-64(70)72)58-32-13-17-42-66(58)73(65-41-16-12-31-57(65)59-37-20-26-51-25-19-35-55(69(51)59)49-23-5-2-6-24-49)54-47-45-50(46-48-54)56-36-22-44-68-71(56)62-34-14-18-43-67(62)74(68)53-29-9-4-10-30-53/h3-4,7-22,25-49H,2,5-6,23-24H2,1H3. The summed E-state index contributed by atoms with van der Waals surface area (Å²) in [5.41, 5.74) is 22.0. The molecule has 1 aromatic heterocycles. The Bertz CT molecular complexity index is 4060. The van der Waals surface area contributed by atoms with Gasteiger partial charge in [0, 0.05) is 38.7 Å². The molecule has 0 N–H and O–H groups in total. The third-order valence-electron chi connectivity index (χ3n) is 16.7. The van der Waals surface area contributed by atoms with Crippen LogP contribution < -0.4 is 4.90 Å². The number of anilines is 3. The fraction of sp³-hybridized carbons (Fsp3) is 0.111. The van der Waals surface area contributed by atoms with Crippen molar-refractivity contribution < 1.29 is 0 Å². The van der Waals surface area contributed by atoms with Crippen molar-refractivity contribution in [3.63, 3.8) is 0 Å². The minimum absolute atomic E-state index is 0.319. The SMILES string of the molecule is CC1(c2ccccc2)c2ccccc2-c2c(-c3ccccc3N(c3ccc(-c4cccc5c4c4ccccc4n5-c4ccccc4)cc3)c3ccccc3-c3cccc4cccc(C5CCCCC5)c34)cccc21. The van der Waals surface area contributed by atoms with Crippen LogP contribution in [-0.2, 0) is 5.41 Å². The van der Waals surface area contributed by atoms with Crippen molar-refractivity contribution in [1.29, 1.82) is 0 Å². The number of hydrogen-bond acceptors (Lipinski definition) is 1. The summed E-state index contributed by atoms with van der Waals surface area (Å²) >= 11 is 0. The first-order valence-corrected chi connectivity index (χ1v) is 26.6. The Labute approximate surface area is 434 Å². The summed E-state index contributed by atoms with van der Waals surface area (Å²) in [6.07, 6.45) is 6.41. The number of fused-ring (bicyclic) bond motifs is 7. The van der Waals surface area contributed by atoms with Gasteiger partial charge < -0.3 is 9.47 Å². The Balaban J connectivity index is 0.992. The Morgan fingerprint density at radius 2 is 0.959 bits per heavy atom. The van der Waals surface area contributed by atoms with Gasteiger partial charge in [-0.3, -0.25) is 0 Å². The molecular weight excluding hydrogens is 893 g/mol. The summed E-state index contributed by atoms with van der Waals surface area (Å²) in [6, 6.07) is 95.2. The van der Waals surface area contributed by atoms with Crippen LogP contribution in [0.5, 0.6) is 0 Å². The van der Waals surface area contributed by atoms with Crippen molar-refractivity contribution in [3.05, 3.63) is 277 Å². The van der Waals surface area contributed by atoms with E-state index >= 15 is 0 Å². The molecule has 2 aliphatic rings. The summed E-state index contributed by atoms with van der Waals surface area (Å²) in [7, 11) is 0. The van der Waals surface area contributed by atoms with E-state index in [1.54, 1.807) is 0 Å². The molecule has 1 unspecified atom stereocenters. The van der Waals surface area contributed by atoms with E-state index in [2.05, 4.69) is 271 Å². The van der Waals surface area contributed by atoms with Gasteiger partial charge in [-0.25, -0.2) is 0 Å². The van der Waals surface area contributed by atoms with Gasteiger partial charge in [-0.2, -0.15) is 0 Å². The van der Waals surface area contributed by atoms with E-state index in [9.17, 15) is 0 Å². The molecule has 1 fully saturated rings. The lowest BCUT2D eigenvalue weighted by molar-refractivity contribution is 0.445. The zero-order valence-corrected chi connectivity index (χ0v) is 41.8. The van der Waals surface area contributed by atoms with E-state index in [4.69, 9.17) is 0 Å². The van der Waals surface area contributed by atoms with Gasteiger partial charge >= 0.3 is 0 Å². The van der Waals surface area contributed by atoms with Crippen molar-refractivity contribution in [1.82, 2.24) is 4.57 Å². The molecule has 2 heteroatoms. The normalized spacial score (nSPS) is 15.4. The van der Waals surface area contributed by atoms with Gasteiger partial charge in [-0.05, 0) is 141 Å². The predicted molar refractivity (Wildman–Crippen MR) is 313 cm³/mol. The van der Waals surface area contributed by atoms with Gasteiger partial charge in [0.2, 0.25) is 0 Å². The van der Waals surface area contributed by atoms with Gasteiger partial charge in [-0.1, -0.05) is 226 Å². The molecule has 14 rings (SSSR count). The quantitative estimate of drug-likeness (QED) is 0.140. The van der Waals surface area contributed by atoms with Gasteiger partial charge in [0.25, 0.3) is 0 Å². The maximum atomic E-state index is 2.55. The Hall–Kier alpha value is -8.72. The van der Waals surface area contributed by atoms with Gasteiger partial charge in [-0.15, -0.1) is 0 Å². The van der Waals surface area contributed by atoms with Crippen LogP contribution in [0.15, 0.2) is 255 Å². The number of para-hydroxylation sites is 4. The predicted octanol–water partition coefficient (Wildman–Crippen LogP) is 19.8. The fourth-order valence-corrected chi connectivity index (χ4v) is 13.3. The summed E-state index contributed by atoms with van der Waals surface area (Å²) < 4.78 is 2.41. The molecule has 0 bridgehead atoms. The second-order valence-electron chi connectivity index (χ2n) is 20.7. The first kappa shape index (κ1) is 44.0. The van der Waals surface area contributed by atoms with Crippen LogP contribution in [0, 0.1) is 0 Å². The highest BCUT2D eigenvalue weighted by Gasteiger charge is 2.42. The van der Waals surface area contributed by atoms with Crippen LogP contribution in [0.4, 0.5) is 17.1 Å². The molecule has 11 aromatic carbocycles. The molecule has 0 spiro atoms. The van der Waals surface area contributed by atoms with E-state index in [0.717, 1.165) is 22.7 Å². The molecule has 0 saturated heterocycles. The van der Waals surface area contributed by atoms with E-state index in [0.29, 0.717) is 5.92 Å². The van der Waals surface area contributed by atoms with Gasteiger partial charge in [0.05, 0.1) is 22.4 Å². The van der Waals surface area contributed by atoms with Gasteiger partial charge in [0.1, 0.15) is 0 Å². The lowest BCUT2D eigenvalue weighted by atomic mass is 9.74. The second-order valence-corrected chi connectivity index (χ2v) is 20.7. The van der Waals surface area contributed by atoms with Crippen LogP contribution in [0.1, 0.15) is 67.2 Å². The van der Waals surface area contributed by atoms with Crippen molar-refractivity contribution in [2.75, 3.05) is 4.90 Å². The first-order chi connectivity index (χ1) is 36.6. The summed E-state index contributed by atoms with van der Waals surface area (Å²) in [5.74, 6) is 0.556. The maximum absolute atomic E-state index is 2.55. The minimum Gasteiger partial charge on any atom is -0.309 e. The summed E-state index contributed by atoms with van der Waals surface area (Å²) in [4.78, 5) is 2.55. The first-order valence-electron chi connectivity index (χ1n) is 26.6. The highest BCUT2D eigenvalue weighted by atomic mass is 15.1. The molecule has 12 aromatic rings. The summed E-state index contributed by atoms with van der Waals surface area (Å²) in [6.45, 7) is 2.42. The summed E-state index contributed by atoms with van der Waals surface area (Å²) in [5, 5.41) is 5.20. The van der Waals surface area contributed by atoms with E-state index in [1.165, 1.54) is 131 Å². The molecule has 1 saturated carbocycles. The zero-order valence-electron chi connectivity index (χ0n) is 41.8. The lowest BCUT2D eigenvalue weighted by Crippen LogP contribution is -2.22. The van der Waals surface area contributed by atoms with Crippen LogP contribution in [0.3, 0.4) is 0 Å². The molecule has 2 aliphatic carbocycles. The fourth-order valence-electron chi connectivity index (χ4n) is 13.3. The Kier molecular flexibility index (Phi) is 10.8. The number of nitrogens with zero attached hydrogens (tertiary/aromatic N) is 2. The molecule has 354 valence electrons. The lowest BCUT2D eigenvalue weighted by Gasteiger charge is -2.31. The molecule has 0 amide bonds. The Morgan fingerprint density at radius 3 is 1.73 bits per heavy atom. The van der Waals surface area contributed by atoms with Gasteiger partial charge in [0.15, 0.2) is 0 Å². The van der Waals surface area contributed by atoms with Crippen molar-refractivity contribution in [2.24, 2.45) is 0 Å². The van der Waals surface area contributed by atoms with Crippen LogP contribution in [0.25, 0.3) is 82.8 Å². The zero-order chi connectivity index (χ0) is 49.2. The van der Waals surface area contributed by atoms with Crippen LogP contribution in [-0.4, -0.2) is 4.57 Å². The number of rotatable bonds is 9. The average Bonchev–Trinajstić information content (AvgIpc) is 4.01. The molecule has 0 radical (unpaired) electrons. The van der Waals surface area contributed by atoms with E-state index in [-0.39, 0.29) is 5.41 Å². The van der Waals surface area contributed by atoms with Crippen LogP contribution in [0.2, 0.25) is 0 Å². The van der Waals surface area contributed by atoms with Crippen molar-refractivity contribution >= 4 is 49.6 Å². The smallest absolute Gasteiger partial charge is 0.0547 e.